The van der Waals surface area contributed by atoms with Gasteiger partial charge in [-0.15, -0.1) is 0 Å². The molecule has 0 aliphatic rings. The van der Waals surface area contributed by atoms with Gasteiger partial charge in [-0.05, 0) is 0 Å². The first-order valence-corrected chi connectivity index (χ1v) is 2.71. The summed E-state index contributed by atoms with van der Waals surface area (Å²) in [5.74, 6) is 0. The SMILES string of the molecule is CN=NC(CO)C(C)=[NH2+]. The second-order valence-corrected chi connectivity index (χ2v) is 1.76. The van der Waals surface area contributed by atoms with E-state index in [-0.39, 0.29) is 12.6 Å². The van der Waals surface area contributed by atoms with Gasteiger partial charge < -0.3 is 5.11 Å². The molecule has 0 aromatic rings. The Morgan fingerprint density at radius 2 is 2.33 bits per heavy atom. The zero-order valence-corrected chi connectivity index (χ0v) is 5.70. The van der Waals surface area contributed by atoms with Gasteiger partial charge in [-0.1, -0.05) is 0 Å². The number of rotatable bonds is 3. The standard InChI is InChI=1S/C5H11N3O/c1-4(6)5(3-9)8-7-2/h5-6,9H,3H2,1-2H3/p+1. The minimum Gasteiger partial charge on any atom is -0.393 e. The van der Waals surface area contributed by atoms with Gasteiger partial charge in [0, 0.05) is 14.0 Å². The van der Waals surface area contributed by atoms with Crippen molar-refractivity contribution in [3.8, 4) is 0 Å². The second-order valence-electron chi connectivity index (χ2n) is 1.76. The van der Waals surface area contributed by atoms with Crippen molar-refractivity contribution in [1.82, 2.24) is 0 Å². The lowest BCUT2D eigenvalue weighted by Crippen LogP contribution is -2.45. The van der Waals surface area contributed by atoms with Gasteiger partial charge in [0.2, 0.25) is 0 Å². The number of aliphatic hydroxyl groups excluding tert-OH is 1. The molecule has 0 radical (unpaired) electrons. The molecule has 0 fully saturated rings. The van der Waals surface area contributed by atoms with Gasteiger partial charge in [0.15, 0.2) is 11.8 Å². The molecule has 4 nitrogen and oxygen atoms in total. The van der Waals surface area contributed by atoms with Crippen molar-refractivity contribution in [2.45, 2.75) is 13.0 Å². The maximum Gasteiger partial charge on any atom is 0.175 e. The van der Waals surface area contributed by atoms with Crippen molar-refractivity contribution in [2.24, 2.45) is 10.2 Å². The van der Waals surface area contributed by atoms with E-state index in [4.69, 9.17) is 10.5 Å². The Morgan fingerprint density at radius 3 is 2.44 bits per heavy atom. The Bertz CT molecular complexity index is 121. The zero-order valence-electron chi connectivity index (χ0n) is 5.70. The van der Waals surface area contributed by atoms with E-state index in [1.807, 2.05) is 0 Å². The predicted molar refractivity (Wildman–Crippen MR) is 34.3 cm³/mol. The van der Waals surface area contributed by atoms with Crippen LogP contribution in [-0.2, 0) is 0 Å². The van der Waals surface area contributed by atoms with E-state index in [0.29, 0.717) is 5.71 Å². The average molecular weight is 130 g/mol. The van der Waals surface area contributed by atoms with E-state index in [1.54, 1.807) is 14.0 Å². The minimum atomic E-state index is -0.324. The highest BCUT2D eigenvalue weighted by atomic mass is 16.3. The normalized spacial score (nSPS) is 14.1. The molecule has 0 aliphatic carbocycles. The van der Waals surface area contributed by atoms with E-state index in [0.717, 1.165) is 0 Å². The van der Waals surface area contributed by atoms with Crippen molar-refractivity contribution in [2.75, 3.05) is 13.7 Å². The Morgan fingerprint density at radius 1 is 1.78 bits per heavy atom. The van der Waals surface area contributed by atoms with Crippen LogP contribution < -0.4 is 5.41 Å². The Labute approximate surface area is 54.1 Å². The van der Waals surface area contributed by atoms with E-state index in [9.17, 15) is 0 Å². The monoisotopic (exact) mass is 130 g/mol. The number of azo groups is 1. The first kappa shape index (κ1) is 8.23. The molecule has 9 heavy (non-hydrogen) atoms. The lowest BCUT2D eigenvalue weighted by Gasteiger charge is -1.98. The highest BCUT2D eigenvalue weighted by Crippen LogP contribution is 1.88. The largest absolute Gasteiger partial charge is 0.393 e. The van der Waals surface area contributed by atoms with Crippen LogP contribution in [-0.4, -0.2) is 30.5 Å². The molecule has 4 heteroatoms. The Balaban J connectivity index is 3.83. The van der Waals surface area contributed by atoms with Crippen LogP contribution >= 0.6 is 0 Å². The minimum absolute atomic E-state index is 0.0698. The number of nitrogens with two attached hydrogens (primary N) is 1. The quantitative estimate of drug-likeness (QED) is 0.360. The molecular weight excluding hydrogens is 118 g/mol. The number of hydrogen-bond acceptors (Lipinski definition) is 3. The first-order valence-electron chi connectivity index (χ1n) is 2.71. The van der Waals surface area contributed by atoms with Gasteiger partial charge >= 0.3 is 0 Å². The van der Waals surface area contributed by atoms with E-state index in [1.165, 1.54) is 0 Å². The summed E-state index contributed by atoms with van der Waals surface area (Å²) in [6.45, 7) is 1.63. The predicted octanol–water partition coefficient (Wildman–Crippen LogP) is -1.35. The molecule has 0 spiro atoms. The molecule has 0 rings (SSSR count). The highest BCUT2D eigenvalue weighted by Gasteiger charge is 2.10. The summed E-state index contributed by atoms with van der Waals surface area (Å²) in [5.41, 5.74) is 0.586. The molecule has 0 saturated heterocycles. The van der Waals surface area contributed by atoms with Crippen molar-refractivity contribution in [3.63, 3.8) is 0 Å². The van der Waals surface area contributed by atoms with E-state index < -0.39 is 0 Å². The summed E-state index contributed by atoms with van der Waals surface area (Å²) in [4.78, 5) is 0. The summed E-state index contributed by atoms with van der Waals surface area (Å²) in [7, 11) is 1.55. The molecule has 0 aliphatic heterocycles. The fraction of sp³-hybridized carbons (Fsp3) is 0.800. The van der Waals surface area contributed by atoms with Crippen molar-refractivity contribution < 1.29 is 10.5 Å². The smallest absolute Gasteiger partial charge is 0.175 e. The summed E-state index contributed by atoms with van der Waals surface area (Å²) < 4.78 is 0. The van der Waals surface area contributed by atoms with Crippen LogP contribution in [0.1, 0.15) is 6.92 Å². The fourth-order valence-corrected chi connectivity index (χ4v) is 0.411. The third-order valence-electron chi connectivity index (χ3n) is 0.953. The van der Waals surface area contributed by atoms with Gasteiger partial charge in [0.25, 0.3) is 0 Å². The summed E-state index contributed by atoms with van der Waals surface area (Å²) in [5, 5.41) is 21.1. The second kappa shape index (κ2) is 4.14. The van der Waals surface area contributed by atoms with Crippen LogP contribution in [0.2, 0.25) is 0 Å². The summed E-state index contributed by atoms with van der Waals surface area (Å²) in [6, 6.07) is -0.324. The molecular formula is C5H12N3O+. The van der Waals surface area contributed by atoms with Crippen LogP contribution in [0, 0.1) is 0 Å². The number of hydrogen-bond donors (Lipinski definition) is 2. The molecule has 0 amide bonds. The molecule has 1 atom stereocenters. The molecule has 0 aromatic heterocycles. The van der Waals surface area contributed by atoms with Crippen LogP contribution in [0.5, 0.6) is 0 Å². The summed E-state index contributed by atoms with van der Waals surface area (Å²) >= 11 is 0. The third-order valence-corrected chi connectivity index (χ3v) is 0.953. The van der Waals surface area contributed by atoms with Gasteiger partial charge in [0.1, 0.15) is 0 Å². The molecule has 0 bridgehead atoms. The van der Waals surface area contributed by atoms with Crippen LogP contribution in [0.4, 0.5) is 0 Å². The molecule has 1 unspecified atom stereocenters. The van der Waals surface area contributed by atoms with Crippen LogP contribution in [0.3, 0.4) is 0 Å². The van der Waals surface area contributed by atoms with E-state index in [2.05, 4.69) is 10.2 Å². The average Bonchev–Trinajstić information content (AvgIpc) is 1.82. The molecule has 0 saturated carbocycles. The Kier molecular flexibility index (Phi) is 3.79. The van der Waals surface area contributed by atoms with E-state index >= 15 is 0 Å². The number of aliphatic hydroxyl groups is 1. The molecule has 0 aromatic carbocycles. The van der Waals surface area contributed by atoms with Crippen molar-refractivity contribution in [3.05, 3.63) is 0 Å². The zero-order chi connectivity index (χ0) is 7.28. The maximum absolute atomic E-state index is 8.57. The van der Waals surface area contributed by atoms with Crippen LogP contribution in [0.15, 0.2) is 10.2 Å². The van der Waals surface area contributed by atoms with Gasteiger partial charge in [-0.2, -0.15) is 10.2 Å². The van der Waals surface area contributed by atoms with Crippen molar-refractivity contribution >= 4 is 5.71 Å². The third kappa shape index (κ3) is 2.92. The van der Waals surface area contributed by atoms with Gasteiger partial charge in [0.05, 0.1) is 6.61 Å². The van der Waals surface area contributed by atoms with Gasteiger partial charge in [-0.25, -0.2) is 0 Å². The first-order chi connectivity index (χ1) is 4.22. The van der Waals surface area contributed by atoms with Gasteiger partial charge in [-0.3, -0.25) is 5.41 Å². The van der Waals surface area contributed by atoms with Crippen molar-refractivity contribution in [1.29, 1.82) is 0 Å². The Hall–Kier alpha value is -0.770. The fourth-order valence-electron chi connectivity index (χ4n) is 0.411. The number of nitrogens with zero attached hydrogens (tertiary/aromatic N) is 2. The molecule has 52 valence electrons. The lowest BCUT2D eigenvalue weighted by molar-refractivity contribution is -0.119. The molecule has 3 N–H and O–H groups in total. The summed E-state index contributed by atoms with van der Waals surface area (Å²) in [6.07, 6.45) is 0. The molecule has 0 heterocycles. The highest BCUT2D eigenvalue weighted by molar-refractivity contribution is 5.81. The lowest BCUT2D eigenvalue weighted by atomic mass is 10.2. The maximum atomic E-state index is 8.57. The topological polar surface area (TPSA) is 70.5 Å². The van der Waals surface area contributed by atoms with Crippen LogP contribution in [0.25, 0.3) is 0 Å².